The van der Waals surface area contributed by atoms with E-state index in [0.717, 1.165) is 25.9 Å². The van der Waals surface area contributed by atoms with Gasteiger partial charge in [-0.15, -0.1) is 13.2 Å². The minimum absolute atomic E-state index is 0.120. The van der Waals surface area contributed by atoms with Crippen LogP contribution in [0.5, 0.6) is 5.75 Å². The monoisotopic (exact) mass is 355 g/mol. The van der Waals surface area contributed by atoms with Crippen LogP contribution in [0.2, 0.25) is 0 Å². The van der Waals surface area contributed by atoms with Crippen LogP contribution in [0.15, 0.2) is 29.3 Å². The van der Waals surface area contributed by atoms with Gasteiger partial charge >= 0.3 is 6.36 Å². The van der Waals surface area contributed by atoms with Crippen LogP contribution in [0.3, 0.4) is 0 Å². The number of nitrogens with two attached hydrogens (primary N) is 1. The predicted molar refractivity (Wildman–Crippen MR) is 86.3 cm³/mol. The molecule has 25 heavy (non-hydrogen) atoms. The van der Waals surface area contributed by atoms with E-state index in [4.69, 9.17) is 10.5 Å². The van der Waals surface area contributed by atoms with Crippen LogP contribution in [0, 0.1) is 11.3 Å². The first-order valence-corrected chi connectivity index (χ1v) is 8.45. The number of benzene rings is 1. The van der Waals surface area contributed by atoms with Gasteiger partial charge in [-0.1, -0.05) is 12.5 Å². The van der Waals surface area contributed by atoms with E-state index in [1.165, 1.54) is 24.6 Å². The Morgan fingerprint density at radius 3 is 2.84 bits per heavy atom. The molecular formula is C17H20F3N3O2. The maximum atomic E-state index is 12.3. The molecule has 5 nitrogen and oxygen atoms in total. The highest BCUT2D eigenvalue weighted by Gasteiger charge is 2.66. The fraction of sp³-hybridized carbons (Fsp3) is 0.588. The number of hydrogen-bond donors (Lipinski definition) is 2. The maximum Gasteiger partial charge on any atom is 0.573 e. The molecule has 8 heteroatoms. The van der Waals surface area contributed by atoms with E-state index >= 15 is 0 Å². The summed E-state index contributed by atoms with van der Waals surface area (Å²) in [5, 5.41) is 2.87. The lowest BCUT2D eigenvalue weighted by molar-refractivity contribution is -0.274. The summed E-state index contributed by atoms with van der Waals surface area (Å²) in [6.45, 7) is 0.771. The zero-order valence-electron chi connectivity index (χ0n) is 13.6. The molecule has 0 aromatic heterocycles. The largest absolute Gasteiger partial charge is 0.573 e. The molecule has 1 aromatic rings. The SMILES string of the molecule is NC(=NC1C2CCOC2C12CCC2)Nc1cccc(OC(F)(F)F)c1. The second kappa shape index (κ2) is 5.79. The highest BCUT2D eigenvalue weighted by atomic mass is 19.4. The zero-order chi connectivity index (χ0) is 17.7. The number of nitrogens with zero attached hydrogens (tertiary/aromatic N) is 1. The summed E-state index contributed by atoms with van der Waals surface area (Å²) in [6, 6.07) is 5.70. The fourth-order valence-electron chi connectivity index (χ4n) is 4.49. The van der Waals surface area contributed by atoms with Crippen molar-refractivity contribution in [3.63, 3.8) is 0 Å². The number of alkyl halides is 3. The van der Waals surface area contributed by atoms with Crippen LogP contribution in [0.1, 0.15) is 25.7 Å². The second-order valence-electron chi connectivity index (χ2n) is 6.99. The van der Waals surface area contributed by atoms with Gasteiger partial charge < -0.3 is 20.5 Å². The predicted octanol–water partition coefficient (Wildman–Crippen LogP) is 3.27. The average Bonchev–Trinajstić information content (AvgIpc) is 2.87. The van der Waals surface area contributed by atoms with Crippen LogP contribution in [-0.2, 0) is 4.74 Å². The van der Waals surface area contributed by atoms with Crippen molar-refractivity contribution >= 4 is 11.6 Å². The third-order valence-corrected chi connectivity index (χ3v) is 5.60. The van der Waals surface area contributed by atoms with Crippen LogP contribution in [0.4, 0.5) is 18.9 Å². The van der Waals surface area contributed by atoms with E-state index < -0.39 is 6.36 Å². The second-order valence-corrected chi connectivity index (χ2v) is 6.99. The third kappa shape index (κ3) is 2.92. The Kier molecular flexibility index (Phi) is 3.82. The first-order valence-electron chi connectivity index (χ1n) is 8.45. The summed E-state index contributed by atoms with van der Waals surface area (Å²) in [5.41, 5.74) is 6.54. The van der Waals surface area contributed by atoms with Crippen LogP contribution < -0.4 is 15.8 Å². The molecular weight excluding hydrogens is 335 g/mol. The minimum Gasteiger partial charge on any atom is -0.406 e. The molecule has 1 aliphatic heterocycles. The van der Waals surface area contributed by atoms with Crippen LogP contribution in [0.25, 0.3) is 0 Å². The maximum absolute atomic E-state index is 12.3. The number of ether oxygens (including phenoxy) is 2. The molecule has 3 unspecified atom stereocenters. The normalized spacial score (nSPS) is 30.4. The van der Waals surface area contributed by atoms with Crippen molar-refractivity contribution in [1.29, 1.82) is 0 Å². The topological polar surface area (TPSA) is 68.9 Å². The summed E-state index contributed by atoms with van der Waals surface area (Å²) < 4.78 is 46.7. The molecule has 1 saturated heterocycles. The highest BCUT2D eigenvalue weighted by molar-refractivity contribution is 5.92. The number of anilines is 1. The molecule has 4 rings (SSSR count). The summed E-state index contributed by atoms with van der Waals surface area (Å²) in [6.07, 6.45) is -0.0508. The quantitative estimate of drug-likeness (QED) is 0.645. The molecule has 0 bridgehead atoms. The van der Waals surface area contributed by atoms with Gasteiger partial charge in [-0.3, -0.25) is 0 Å². The highest BCUT2D eigenvalue weighted by Crippen LogP contribution is 2.64. The Balaban J connectivity index is 1.46. The van der Waals surface area contributed by atoms with E-state index in [0.29, 0.717) is 17.7 Å². The first kappa shape index (κ1) is 16.5. The van der Waals surface area contributed by atoms with E-state index in [-0.39, 0.29) is 23.2 Å². The van der Waals surface area contributed by atoms with Crippen molar-refractivity contribution in [1.82, 2.24) is 0 Å². The Labute approximate surface area is 143 Å². The van der Waals surface area contributed by atoms with E-state index in [1.54, 1.807) is 6.07 Å². The molecule has 1 spiro atoms. The average molecular weight is 355 g/mol. The van der Waals surface area contributed by atoms with Crippen molar-refractivity contribution in [2.45, 2.75) is 44.2 Å². The number of aliphatic imine (C=N–C) groups is 1. The van der Waals surface area contributed by atoms with Crippen molar-refractivity contribution in [2.75, 3.05) is 11.9 Å². The molecule has 3 atom stereocenters. The smallest absolute Gasteiger partial charge is 0.406 e. The molecule has 3 N–H and O–H groups in total. The van der Waals surface area contributed by atoms with Gasteiger partial charge in [0.15, 0.2) is 5.96 Å². The number of rotatable bonds is 3. The molecule has 2 aliphatic carbocycles. The molecule has 1 aromatic carbocycles. The number of hydrogen-bond acceptors (Lipinski definition) is 3. The lowest BCUT2D eigenvalue weighted by Gasteiger charge is -2.61. The Bertz CT molecular complexity index is 688. The molecule has 3 fully saturated rings. The van der Waals surface area contributed by atoms with Crippen LogP contribution >= 0.6 is 0 Å². The summed E-state index contributed by atoms with van der Waals surface area (Å²) in [4.78, 5) is 4.64. The zero-order valence-corrected chi connectivity index (χ0v) is 13.6. The van der Waals surface area contributed by atoms with Gasteiger partial charge in [0.1, 0.15) is 5.75 Å². The third-order valence-electron chi connectivity index (χ3n) is 5.60. The number of guanidine groups is 1. The fourth-order valence-corrected chi connectivity index (χ4v) is 4.49. The number of fused-ring (bicyclic) bond motifs is 2. The molecule has 3 aliphatic rings. The number of halogens is 3. The van der Waals surface area contributed by atoms with Crippen molar-refractivity contribution in [2.24, 2.45) is 22.1 Å². The molecule has 2 saturated carbocycles. The van der Waals surface area contributed by atoms with Gasteiger partial charge in [-0.2, -0.15) is 0 Å². The summed E-state index contributed by atoms with van der Waals surface area (Å²) in [5.74, 6) is 0.319. The standard InChI is InChI=1S/C17H20F3N3O2/c18-17(19,20)25-11-4-1-3-10(9-11)22-15(21)23-13-12-5-8-24-14(12)16(13)6-2-7-16/h1,3-4,9,12-14H,2,5-8H2,(H3,21,22,23). The Morgan fingerprint density at radius 2 is 2.16 bits per heavy atom. The van der Waals surface area contributed by atoms with Gasteiger partial charge in [-0.25, -0.2) is 4.99 Å². The van der Waals surface area contributed by atoms with E-state index in [2.05, 4.69) is 15.0 Å². The summed E-state index contributed by atoms with van der Waals surface area (Å²) >= 11 is 0. The van der Waals surface area contributed by atoms with Crippen LogP contribution in [-0.4, -0.2) is 31.1 Å². The van der Waals surface area contributed by atoms with Gasteiger partial charge in [0.2, 0.25) is 0 Å². The van der Waals surface area contributed by atoms with Crippen molar-refractivity contribution < 1.29 is 22.6 Å². The molecule has 0 radical (unpaired) electrons. The lowest BCUT2D eigenvalue weighted by Crippen LogP contribution is -2.65. The summed E-state index contributed by atoms with van der Waals surface area (Å²) in [7, 11) is 0. The lowest BCUT2D eigenvalue weighted by atomic mass is 9.46. The van der Waals surface area contributed by atoms with Crippen molar-refractivity contribution in [3.05, 3.63) is 24.3 Å². The van der Waals surface area contributed by atoms with Gasteiger partial charge in [0, 0.05) is 29.7 Å². The molecule has 1 heterocycles. The van der Waals surface area contributed by atoms with E-state index in [1.807, 2.05) is 0 Å². The van der Waals surface area contributed by atoms with Gasteiger partial charge in [-0.05, 0) is 31.4 Å². The molecule has 0 amide bonds. The Morgan fingerprint density at radius 1 is 1.36 bits per heavy atom. The van der Waals surface area contributed by atoms with Gasteiger partial charge in [0.05, 0.1) is 12.1 Å². The molecule has 136 valence electrons. The Hall–Kier alpha value is -1.96. The van der Waals surface area contributed by atoms with Gasteiger partial charge in [0.25, 0.3) is 0 Å². The number of nitrogens with one attached hydrogen (secondary N) is 1. The minimum atomic E-state index is -4.72. The van der Waals surface area contributed by atoms with E-state index in [9.17, 15) is 13.2 Å². The first-order chi connectivity index (χ1) is 11.9. The van der Waals surface area contributed by atoms with Crippen molar-refractivity contribution in [3.8, 4) is 5.75 Å².